The maximum Gasteiger partial charge on any atom is 0.387 e. The summed E-state index contributed by atoms with van der Waals surface area (Å²) < 4.78 is 41.9. The molecular formula is C18H18F3N3O. The van der Waals surface area contributed by atoms with Crippen LogP contribution in [0.25, 0.3) is 0 Å². The molecule has 0 heterocycles. The predicted octanol–water partition coefficient (Wildman–Crippen LogP) is 3.84. The minimum absolute atomic E-state index is 0.121. The first-order valence-corrected chi connectivity index (χ1v) is 7.93. The third-order valence-electron chi connectivity index (χ3n) is 4.02. The molecule has 0 aromatic heterocycles. The average molecular weight is 349 g/mol. The van der Waals surface area contributed by atoms with Crippen molar-refractivity contribution >= 4 is 11.6 Å². The van der Waals surface area contributed by atoms with E-state index in [1.54, 1.807) is 0 Å². The quantitative estimate of drug-likeness (QED) is 0.637. The summed E-state index contributed by atoms with van der Waals surface area (Å²) in [5.41, 5.74) is 9.89. The van der Waals surface area contributed by atoms with Gasteiger partial charge in [0.25, 0.3) is 0 Å². The molecule has 3 rings (SSSR count). The Bertz CT molecular complexity index is 793. The van der Waals surface area contributed by atoms with Crippen molar-refractivity contribution in [1.82, 2.24) is 0 Å². The number of aliphatic imine (C=N–C) groups is 1. The van der Waals surface area contributed by atoms with Gasteiger partial charge in [-0.2, -0.15) is 8.78 Å². The highest BCUT2D eigenvalue weighted by atomic mass is 19.3. The third kappa shape index (κ3) is 4.43. The molecule has 132 valence electrons. The van der Waals surface area contributed by atoms with Gasteiger partial charge in [-0.25, -0.2) is 9.38 Å². The fourth-order valence-electron chi connectivity index (χ4n) is 2.85. The molecule has 2 aromatic carbocycles. The molecule has 1 aliphatic rings. The maximum absolute atomic E-state index is 13.7. The zero-order valence-corrected chi connectivity index (χ0v) is 13.4. The second-order valence-corrected chi connectivity index (χ2v) is 5.81. The lowest BCUT2D eigenvalue weighted by Crippen LogP contribution is -2.22. The Morgan fingerprint density at radius 1 is 1.16 bits per heavy atom. The van der Waals surface area contributed by atoms with E-state index in [2.05, 4.69) is 27.2 Å². The lowest BCUT2D eigenvalue weighted by molar-refractivity contribution is -0.0522. The summed E-state index contributed by atoms with van der Waals surface area (Å²) >= 11 is 0. The summed E-state index contributed by atoms with van der Waals surface area (Å²) in [7, 11) is 0. The fraction of sp³-hybridized carbons (Fsp3) is 0.278. The molecule has 0 saturated heterocycles. The second kappa shape index (κ2) is 7.46. The van der Waals surface area contributed by atoms with Crippen LogP contribution < -0.4 is 15.8 Å². The Hall–Kier alpha value is -2.70. The molecule has 0 amide bonds. The van der Waals surface area contributed by atoms with Gasteiger partial charge in [0.05, 0.1) is 6.54 Å². The predicted molar refractivity (Wildman–Crippen MR) is 90.4 cm³/mol. The highest BCUT2D eigenvalue weighted by Crippen LogP contribution is 2.25. The minimum Gasteiger partial charge on any atom is -0.432 e. The van der Waals surface area contributed by atoms with E-state index in [0.29, 0.717) is 5.56 Å². The Morgan fingerprint density at radius 3 is 2.72 bits per heavy atom. The van der Waals surface area contributed by atoms with Crippen LogP contribution in [-0.2, 0) is 19.4 Å². The number of alkyl halides is 2. The topological polar surface area (TPSA) is 59.6 Å². The summed E-state index contributed by atoms with van der Waals surface area (Å²) in [5, 5.41) is 3.00. The van der Waals surface area contributed by atoms with Crippen molar-refractivity contribution in [2.24, 2.45) is 10.7 Å². The molecule has 2 aromatic rings. The molecule has 0 atom stereocenters. The number of hydrogen-bond donors (Lipinski definition) is 2. The summed E-state index contributed by atoms with van der Waals surface area (Å²) in [6, 6.07) is 9.80. The van der Waals surface area contributed by atoms with Crippen LogP contribution in [-0.4, -0.2) is 12.6 Å². The number of nitrogens with two attached hydrogens (primary N) is 1. The summed E-state index contributed by atoms with van der Waals surface area (Å²) in [5.74, 6) is -1.16. The fourth-order valence-corrected chi connectivity index (χ4v) is 2.85. The van der Waals surface area contributed by atoms with Gasteiger partial charge in [0.2, 0.25) is 0 Å². The van der Waals surface area contributed by atoms with E-state index < -0.39 is 18.2 Å². The highest BCUT2D eigenvalue weighted by Gasteiger charge is 2.11. The van der Waals surface area contributed by atoms with Crippen molar-refractivity contribution < 1.29 is 17.9 Å². The van der Waals surface area contributed by atoms with Crippen LogP contribution in [0.5, 0.6) is 5.75 Å². The Balaban J connectivity index is 1.62. The second-order valence-electron chi connectivity index (χ2n) is 5.81. The zero-order valence-electron chi connectivity index (χ0n) is 13.4. The van der Waals surface area contributed by atoms with Crippen LogP contribution in [0.1, 0.15) is 23.1 Å². The van der Waals surface area contributed by atoms with Crippen LogP contribution in [0.15, 0.2) is 41.4 Å². The van der Waals surface area contributed by atoms with Gasteiger partial charge in [-0.3, -0.25) is 0 Å². The average Bonchev–Trinajstić information content (AvgIpc) is 3.02. The van der Waals surface area contributed by atoms with Gasteiger partial charge < -0.3 is 15.8 Å². The lowest BCUT2D eigenvalue weighted by Gasteiger charge is -2.09. The third-order valence-corrected chi connectivity index (χ3v) is 4.02. The van der Waals surface area contributed by atoms with E-state index in [4.69, 9.17) is 5.73 Å². The first-order valence-electron chi connectivity index (χ1n) is 7.93. The number of nitrogens with zero attached hydrogens (tertiary/aromatic N) is 1. The van der Waals surface area contributed by atoms with Crippen molar-refractivity contribution in [2.75, 3.05) is 5.32 Å². The normalized spacial score (nSPS) is 13.8. The molecule has 0 bridgehead atoms. The molecule has 7 heteroatoms. The highest BCUT2D eigenvalue weighted by molar-refractivity contribution is 5.92. The van der Waals surface area contributed by atoms with E-state index in [9.17, 15) is 13.2 Å². The van der Waals surface area contributed by atoms with Gasteiger partial charge in [0.1, 0.15) is 0 Å². The Morgan fingerprint density at radius 2 is 1.96 bits per heavy atom. The van der Waals surface area contributed by atoms with E-state index in [1.807, 2.05) is 6.07 Å². The molecule has 0 aliphatic heterocycles. The van der Waals surface area contributed by atoms with Crippen LogP contribution in [0.3, 0.4) is 0 Å². The smallest absolute Gasteiger partial charge is 0.387 e. The molecule has 1 aliphatic carbocycles. The van der Waals surface area contributed by atoms with Crippen molar-refractivity contribution in [3.8, 4) is 5.75 Å². The van der Waals surface area contributed by atoms with Gasteiger partial charge in [-0.1, -0.05) is 12.1 Å². The number of fused-ring (bicyclic) bond motifs is 1. The van der Waals surface area contributed by atoms with Crippen LogP contribution >= 0.6 is 0 Å². The van der Waals surface area contributed by atoms with Gasteiger partial charge >= 0.3 is 6.61 Å². The van der Waals surface area contributed by atoms with Crippen molar-refractivity contribution in [3.05, 3.63) is 58.9 Å². The van der Waals surface area contributed by atoms with Crippen LogP contribution in [0, 0.1) is 5.82 Å². The first kappa shape index (κ1) is 17.1. The maximum atomic E-state index is 13.7. The lowest BCUT2D eigenvalue weighted by atomic mass is 10.1. The van der Waals surface area contributed by atoms with Crippen molar-refractivity contribution in [1.29, 1.82) is 0 Å². The van der Waals surface area contributed by atoms with Gasteiger partial charge in [0.15, 0.2) is 17.5 Å². The van der Waals surface area contributed by atoms with Crippen molar-refractivity contribution in [3.63, 3.8) is 0 Å². The zero-order chi connectivity index (χ0) is 17.8. The number of halogens is 3. The number of guanidine groups is 1. The summed E-state index contributed by atoms with van der Waals surface area (Å²) in [4.78, 5) is 4.14. The first-order chi connectivity index (χ1) is 12.0. The Labute approximate surface area is 143 Å². The molecule has 0 fully saturated rings. The largest absolute Gasteiger partial charge is 0.432 e. The molecule has 0 saturated carbocycles. The monoisotopic (exact) mass is 349 g/mol. The number of hydrogen-bond acceptors (Lipinski definition) is 2. The number of benzene rings is 2. The van der Waals surface area contributed by atoms with Gasteiger partial charge in [-0.05, 0) is 60.2 Å². The Kier molecular flexibility index (Phi) is 5.11. The molecule has 0 spiro atoms. The number of nitrogens with one attached hydrogen (secondary N) is 1. The van der Waals surface area contributed by atoms with Crippen molar-refractivity contribution in [2.45, 2.75) is 32.4 Å². The minimum atomic E-state index is -3.06. The van der Waals surface area contributed by atoms with E-state index in [-0.39, 0.29) is 12.5 Å². The molecule has 3 N–H and O–H groups in total. The number of aryl methyl sites for hydroxylation is 2. The molecular weight excluding hydrogens is 331 g/mol. The molecule has 0 radical (unpaired) electrons. The molecule has 25 heavy (non-hydrogen) atoms. The van der Waals surface area contributed by atoms with E-state index in [1.165, 1.54) is 23.6 Å². The molecule has 4 nitrogen and oxygen atoms in total. The summed E-state index contributed by atoms with van der Waals surface area (Å²) in [6.07, 6.45) is 3.34. The number of rotatable bonds is 5. The SMILES string of the molecule is NC(=NCc1ccc(OC(F)F)c(F)c1)Nc1ccc2c(c1)CCC2. The van der Waals surface area contributed by atoms with Gasteiger partial charge in [-0.15, -0.1) is 0 Å². The number of ether oxygens (including phenoxy) is 1. The van der Waals surface area contributed by atoms with Gasteiger partial charge in [0, 0.05) is 5.69 Å². The number of anilines is 1. The summed E-state index contributed by atoms with van der Waals surface area (Å²) in [6.45, 7) is -2.94. The van der Waals surface area contributed by atoms with Crippen LogP contribution in [0.4, 0.5) is 18.9 Å². The standard InChI is InChI=1S/C18H18F3N3O/c19-15-8-11(4-7-16(15)25-17(20)21)10-23-18(22)24-14-6-5-12-2-1-3-13(12)9-14/h4-9,17H,1-3,10H2,(H3,22,23,24). The van der Waals surface area contributed by atoms with E-state index >= 15 is 0 Å². The van der Waals surface area contributed by atoms with Crippen LogP contribution in [0.2, 0.25) is 0 Å². The van der Waals surface area contributed by atoms with E-state index in [0.717, 1.165) is 30.7 Å². The molecule has 0 unspecified atom stereocenters.